The van der Waals surface area contributed by atoms with Crippen LogP contribution >= 0.6 is 0 Å². The third-order valence-corrected chi connectivity index (χ3v) is 5.07. The largest absolute Gasteiger partial charge is 0.346 e. The van der Waals surface area contributed by atoms with Gasteiger partial charge in [-0.2, -0.15) is 0 Å². The molecule has 20 heavy (non-hydrogen) atoms. The van der Waals surface area contributed by atoms with Gasteiger partial charge < -0.3 is 15.1 Å². The van der Waals surface area contributed by atoms with Gasteiger partial charge in [-0.25, -0.2) is 0 Å². The Morgan fingerprint density at radius 1 is 1.30 bits per heavy atom. The fourth-order valence-corrected chi connectivity index (χ4v) is 3.46. The summed E-state index contributed by atoms with van der Waals surface area (Å²) in [4.78, 5) is 16.6. The predicted molar refractivity (Wildman–Crippen MR) is 82.7 cm³/mol. The standard InChI is InChI=1S/C16H31N3O/c1-18-11-4-3-5-15(18)9-12-19(2)16(20)7-6-14-8-10-17-13-14/h14-15,17H,3-13H2,1-2H3. The summed E-state index contributed by atoms with van der Waals surface area (Å²) in [5.41, 5.74) is 0. The van der Waals surface area contributed by atoms with Crippen LogP contribution in [0, 0.1) is 5.92 Å². The van der Waals surface area contributed by atoms with Gasteiger partial charge in [-0.05, 0) is 64.7 Å². The van der Waals surface area contributed by atoms with E-state index in [1.165, 1.54) is 32.2 Å². The zero-order chi connectivity index (χ0) is 14.4. The van der Waals surface area contributed by atoms with Gasteiger partial charge in [0.05, 0.1) is 0 Å². The molecule has 1 amide bonds. The molecule has 0 radical (unpaired) electrons. The minimum Gasteiger partial charge on any atom is -0.346 e. The van der Waals surface area contributed by atoms with Crippen molar-refractivity contribution in [3.63, 3.8) is 0 Å². The highest BCUT2D eigenvalue weighted by atomic mass is 16.2. The Labute approximate surface area is 123 Å². The Morgan fingerprint density at radius 2 is 2.15 bits per heavy atom. The van der Waals surface area contributed by atoms with Crippen LogP contribution in [0.1, 0.15) is 44.9 Å². The number of carbonyl (C=O) groups excluding carboxylic acids is 1. The lowest BCUT2D eigenvalue weighted by atomic mass is 9.99. The zero-order valence-electron chi connectivity index (χ0n) is 13.2. The molecule has 2 saturated heterocycles. The molecule has 2 aliphatic rings. The van der Waals surface area contributed by atoms with Gasteiger partial charge in [0.2, 0.25) is 5.91 Å². The van der Waals surface area contributed by atoms with Gasteiger partial charge in [0.15, 0.2) is 0 Å². The van der Waals surface area contributed by atoms with Crippen LogP contribution in [0.25, 0.3) is 0 Å². The molecule has 0 aromatic heterocycles. The molecule has 0 bridgehead atoms. The first-order valence-electron chi connectivity index (χ1n) is 8.31. The van der Waals surface area contributed by atoms with Crippen molar-refractivity contribution in [2.75, 3.05) is 40.3 Å². The third-order valence-electron chi connectivity index (χ3n) is 5.07. The van der Waals surface area contributed by atoms with Gasteiger partial charge in [-0.15, -0.1) is 0 Å². The smallest absolute Gasteiger partial charge is 0.222 e. The first-order valence-corrected chi connectivity index (χ1v) is 8.31. The average Bonchev–Trinajstić information content (AvgIpc) is 2.97. The van der Waals surface area contributed by atoms with E-state index in [0.29, 0.717) is 11.9 Å². The summed E-state index contributed by atoms with van der Waals surface area (Å²) >= 11 is 0. The first kappa shape index (κ1) is 15.8. The highest BCUT2D eigenvalue weighted by molar-refractivity contribution is 5.75. The fourth-order valence-electron chi connectivity index (χ4n) is 3.46. The molecule has 0 saturated carbocycles. The van der Waals surface area contributed by atoms with Crippen molar-refractivity contribution in [2.24, 2.45) is 5.92 Å². The third kappa shape index (κ3) is 4.74. The number of hydrogen-bond acceptors (Lipinski definition) is 3. The molecule has 0 aromatic carbocycles. The number of carbonyl (C=O) groups is 1. The molecule has 2 atom stereocenters. The van der Waals surface area contributed by atoms with Gasteiger partial charge in [0.25, 0.3) is 0 Å². The number of nitrogens with zero attached hydrogens (tertiary/aromatic N) is 2. The zero-order valence-corrected chi connectivity index (χ0v) is 13.2. The first-order chi connectivity index (χ1) is 9.66. The second-order valence-corrected chi connectivity index (χ2v) is 6.63. The molecule has 2 unspecified atom stereocenters. The minimum atomic E-state index is 0.329. The van der Waals surface area contributed by atoms with E-state index in [1.54, 1.807) is 0 Å². The van der Waals surface area contributed by atoms with Crippen LogP contribution in [0.15, 0.2) is 0 Å². The van der Waals surface area contributed by atoms with Crippen LogP contribution in [-0.4, -0.2) is 62.0 Å². The Kier molecular flexibility index (Phi) is 6.30. The van der Waals surface area contributed by atoms with Crippen molar-refractivity contribution >= 4 is 5.91 Å². The maximum atomic E-state index is 12.1. The second-order valence-electron chi connectivity index (χ2n) is 6.63. The molecule has 4 heteroatoms. The van der Waals surface area contributed by atoms with E-state index in [4.69, 9.17) is 0 Å². The lowest BCUT2D eigenvalue weighted by Gasteiger charge is -2.33. The topological polar surface area (TPSA) is 35.6 Å². The quantitative estimate of drug-likeness (QED) is 0.805. The number of likely N-dealkylation sites (tertiary alicyclic amines) is 1. The van der Waals surface area contributed by atoms with Crippen LogP contribution in [-0.2, 0) is 4.79 Å². The van der Waals surface area contributed by atoms with Gasteiger partial charge in [0.1, 0.15) is 0 Å². The Balaban J connectivity index is 1.62. The summed E-state index contributed by atoms with van der Waals surface area (Å²) in [6.07, 6.45) is 8.13. The molecular weight excluding hydrogens is 250 g/mol. The highest BCUT2D eigenvalue weighted by Crippen LogP contribution is 2.18. The monoisotopic (exact) mass is 281 g/mol. The summed E-state index contributed by atoms with van der Waals surface area (Å²) < 4.78 is 0. The molecule has 2 heterocycles. The van der Waals surface area contributed by atoms with Gasteiger partial charge in [-0.3, -0.25) is 4.79 Å². The van der Waals surface area contributed by atoms with Crippen molar-refractivity contribution in [1.82, 2.24) is 15.1 Å². The average molecular weight is 281 g/mol. The fraction of sp³-hybridized carbons (Fsp3) is 0.938. The highest BCUT2D eigenvalue weighted by Gasteiger charge is 2.21. The molecule has 116 valence electrons. The lowest BCUT2D eigenvalue weighted by molar-refractivity contribution is -0.130. The number of rotatable bonds is 6. The van der Waals surface area contributed by atoms with E-state index in [0.717, 1.165) is 44.8 Å². The Morgan fingerprint density at radius 3 is 2.85 bits per heavy atom. The van der Waals surface area contributed by atoms with E-state index in [-0.39, 0.29) is 0 Å². The van der Waals surface area contributed by atoms with E-state index in [1.807, 2.05) is 11.9 Å². The molecule has 2 rings (SSSR count). The molecule has 0 aromatic rings. The Hall–Kier alpha value is -0.610. The van der Waals surface area contributed by atoms with Crippen LogP contribution in [0.5, 0.6) is 0 Å². The van der Waals surface area contributed by atoms with Crippen LogP contribution in [0.2, 0.25) is 0 Å². The molecule has 4 nitrogen and oxygen atoms in total. The van der Waals surface area contributed by atoms with Crippen molar-refractivity contribution in [3.8, 4) is 0 Å². The number of hydrogen-bond donors (Lipinski definition) is 1. The van der Waals surface area contributed by atoms with Gasteiger partial charge in [-0.1, -0.05) is 6.42 Å². The SMILES string of the molecule is CN(CCC1CCCCN1C)C(=O)CCC1CCNC1. The molecule has 2 aliphatic heterocycles. The number of piperidine rings is 1. The molecule has 1 N–H and O–H groups in total. The lowest BCUT2D eigenvalue weighted by Crippen LogP contribution is -2.39. The maximum absolute atomic E-state index is 12.1. The van der Waals surface area contributed by atoms with Crippen molar-refractivity contribution in [1.29, 1.82) is 0 Å². The van der Waals surface area contributed by atoms with Gasteiger partial charge >= 0.3 is 0 Å². The van der Waals surface area contributed by atoms with E-state index >= 15 is 0 Å². The molecule has 2 fully saturated rings. The molecular formula is C16H31N3O. The van der Waals surface area contributed by atoms with E-state index in [9.17, 15) is 4.79 Å². The van der Waals surface area contributed by atoms with Crippen LogP contribution < -0.4 is 5.32 Å². The van der Waals surface area contributed by atoms with Crippen LogP contribution in [0.4, 0.5) is 0 Å². The van der Waals surface area contributed by atoms with E-state index in [2.05, 4.69) is 17.3 Å². The predicted octanol–water partition coefficient (Wildman–Crippen LogP) is 1.71. The maximum Gasteiger partial charge on any atom is 0.222 e. The van der Waals surface area contributed by atoms with Crippen molar-refractivity contribution < 1.29 is 4.79 Å². The Bertz CT molecular complexity index is 302. The number of nitrogens with one attached hydrogen (secondary N) is 1. The summed E-state index contributed by atoms with van der Waals surface area (Å²) in [7, 11) is 4.19. The summed E-state index contributed by atoms with van der Waals surface area (Å²) in [5, 5.41) is 3.37. The second kappa shape index (κ2) is 7.99. The number of amides is 1. The summed E-state index contributed by atoms with van der Waals surface area (Å²) in [6, 6.07) is 0.679. The van der Waals surface area contributed by atoms with Gasteiger partial charge in [0, 0.05) is 26.1 Å². The van der Waals surface area contributed by atoms with Crippen molar-refractivity contribution in [3.05, 3.63) is 0 Å². The summed E-state index contributed by atoms with van der Waals surface area (Å²) in [5.74, 6) is 1.05. The summed E-state index contributed by atoms with van der Waals surface area (Å²) in [6.45, 7) is 4.36. The van der Waals surface area contributed by atoms with Crippen molar-refractivity contribution in [2.45, 2.75) is 51.0 Å². The minimum absolute atomic E-state index is 0.329. The normalized spacial score (nSPS) is 27.7. The van der Waals surface area contributed by atoms with E-state index < -0.39 is 0 Å². The molecule has 0 aliphatic carbocycles. The van der Waals surface area contributed by atoms with Crippen LogP contribution in [0.3, 0.4) is 0 Å². The molecule has 0 spiro atoms.